The van der Waals surface area contributed by atoms with Crippen LogP contribution in [0.4, 0.5) is 0 Å². The van der Waals surface area contributed by atoms with E-state index in [4.69, 9.17) is 9.47 Å². The molecule has 4 nitrogen and oxygen atoms in total. The highest BCUT2D eigenvalue weighted by Gasteiger charge is 2.26. The van der Waals surface area contributed by atoms with Gasteiger partial charge in [0.1, 0.15) is 0 Å². The minimum atomic E-state index is -0.0699. The van der Waals surface area contributed by atoms with Gasteiger partial charge in [0.15, 0.2) is 11.5 Å². The Morgan fingerprint density at radius 2 is 2.18 bits per heavy atom. The van der Waals surface area contributed by atoms with Crippen molar-refractivity contribution in [3.63, 3.8) is 0 Å². The smallest absolute Gasteiger partial charge is 0.231 e. The van der Waals surface area contributed by atoms with Crippen LogP contribution in [0.5, 0.6) is 11.5 Å². The van der Waals surface area contributed by atoms with Crippen LogP contribution in [0.1, 0.15) is 18.4 Å². The Kier molecular flexibility index (Phi) is 2.91. The summed E-state index contributed by atoms with van der Waals surface area (Å²) < 4.78 is 10.8. The maximum Gasteiger partial charge on any atom is 0.231 e. The second-order valence-electron chi connectivity index (χ2n) is 4.77. The van der Waals surface area contributed by atoms with Crippen molar-refractivity contribution in [1.82, 2.24) is 5.32 Å². The molecule has 2 aliphatic rings. The van der Waals surface area contributed by atoms with Crippen LogP contribution < -0.4 is 14.8 Å². The number of rotatable bonds is 4. The van der Waals surface area contributed by atoms with Gasteiger partial charge in [-0.1, -0.05) is 12.1 Å². The molecule has 1 aliphatic heterocycles. The van der Waals surface area contributed by atoms with Gasteiger partial charge in [-0.15, -0.1) is 0 Å². The Bertz CT molecular complexity index is 402. The van der Waals surface area contributed by atoms with Crippen LogP contribution in [0.3, 0.4) is 0 Å². The Morgan fingerprint density at radius 3 is 3.00 bits per heavy atom. The first-order chi connectivity index (χ1) is 8.33. The molecular weight excluding hydrogens is 218 g/mol. The van der Waals surface area contributed by atoms with E-state index in [0.717, 1.165) is 43.0 Å². The molecule has 17 heavy (non-hydrogen) atoms. The number of benzene rings is 1. The van der Waals surface area contributed by atoms with Crippen molar-refractivity contribution >= 4 is 0 Å². The van der Waals surface area contributed by atoms with Crippen LogP contribution in [-0.4, -0.2) is 24.5 Å². The number of para-hydroxylation sites is 1. The predicted octanol–water partition coefficient (Wildman–Crippen LogP) is 1.28. The molecule has 1 heterocycles. The number of fused-ring (bicyclic) bond motifs is 1. The van der Waals surface area contributed by atoms with E-state index in [-0.39, 0.29) is 6.10 Å². The normalized spacial score (nSPS) is 25.7. The van der Waals surface area contributed by atoms with E-state index < -0.39 is 0 Å². The summed E-state index contributed by atoms with van der Waals surface area (Å²) in [6.07, 6.45) is 1.79. The van der Waals surface area contributed by atoms with Gasteiger partial charge in [-0.3, -0.25) is 0 Å². The topological polar surface area (TPSA) is 50.7 Å². The van der Waals surface area contributed by atoms with Gasteiger partial charge in [-0.2, -0.15) is 0 Å². The largest absolute Gasteiger partial charge is 0.454 e. The molecule has 1 saturated carbocycles. The molecule has 0 amide bonds. The van der Waals surface area contributed by atoms with Gasteiger partial charge in [-0.25, -0.2) is 0 Å². The summed E-state index contributed by atoms with van der Waals surface area (Å²) in [5.74, 6) is 2.33. The quantitative estimate of drug-likeness (QED) is 0.825. The highest BCUT2D eigenvalue weighted by atomic mass is 16.7. The Hall–Kier alpha value is -1.26. The highest BCUT2D eigenvalue weighted by molar-refractivity contribution is 5.48. The van der Waals surface area contributed by atoms with Gasteiger partial charge in [-0.05, 0) is 31.4 Å². The summed E-state index contributed by atoms with van der Waals surface area (Å²) in [4.78, 5) is 0. The molecule has 2 N–H and O–H groups in total. The fraction of sp³-hybridized carbons (Fsp3) is 0.538. The van der Waals surface area contributed by atoms with E-state index >= 15 is 0 Å². The van der Waals surface area contributed by atoms with Crippen LogP contribution in [0.25, 0.3) is 0 Å². The summed E-state index contributed by atoms with van der Waals surface area (Å²) in [6.45, 7) is 2.07. The molecule has 0 spiro atoms. The molecule has 1 fully saturated rings. The van der Waals surface area contributed by atoms with Crippen molar-refractivity contribution in [3.05, 3.63) is 23.8 Å². The van der Waals surface area contributed by atoms with Gasteiger partial charge in [0.2, 0.25) is 6.79 Å². The summed E-state index contributed by atoms with van der Waals surface area (Å²) in [5, 5.41) is 12.6. The van der Waals surface area contributed by atoms with Crippen LogP contribution in [-0.2, 0) is 6.54 Å². The van der Waals surface area contributed by atoms with Crippen LogP contribution in [0, 0.1) is 5.92 Å². The predicted molar refractivity (Wildman–Crippen MR) is 63.0 cm³/mol. The summed E-state index contributed by atoms with van der Waals surface area (Å²) in [5.41, 5.74) is 1.14. The van der Waals surface area contributed by atoms with Gasteiger partial charge < -0.3 is 19.9 Å². The molecule has 0 atom stereocenters. The molecule has 0 saturated heterocycles. The lowest BCUT2D eigenvalue weighted by Crippen LogP contribution is -2.35. The van der Waals surface area contributed by atoms with Crippen molar-refractivity contribution in [2.24, 2.45) is 5.92 Å². The molecule has 3 rings (SSSR count). The molecule has 1 aliphatic carbocycles. The molecule has 92 valence electrons. The molecule has 0 radical (unpaired) electrons. The zero-order chi connectivity index (χ0) is 11.7. The standard InChI is InChI=1S/C13H17NO3/c15-11-4-9(5-11)6-14-7-10-2-1-3-12-13(10)17-8-16-12/h1-3,9,11,14-15H,4-8H2. The van der Waals surface area contributed by atoms with Crippen molar-refractivity contribution in [2.45, 2.75) is 25.5 Å². The number of nitrogens with one attached hydrogen (secondary N) is 1. The van der Waals surface area contributed by atoms with E-state index in [0.29, 0.717) is 12.7 Å². The second-order valence-corrected chi connectivity index (χ2v) is 4.77. The Morgan fingerprint density at radius 1 is 1.29 bits per heavy atom. The lowest BCUT2D eigenvalue weighted by atomic mass is 9.82. The maximum atomic E-state index is 9.20. The number of hydrogen-bond acceptors (Lipinski definition) is 4. The van der Waals surface area contributed by atoms with Crippen molar-refractivity contribution < 1.29 is 14.6 Å². The molecule has 0 aromatic heterocycles. The zero-order valence-corrected chi connectivity index (χ0v) is 9.69. The molecule has 1 aromatic carbocycles. The first kappa shape index (κ1) is 10.9. The fourth-order valence-electron chi connectivity index (χ4n) is 2.41. The van der Waals surface area contributed by atoms with Crippen molar-refractivity contribution in [2.75, 3.05) is 13.3 Å². The average molecular weight is 235 g/mol. The molecule has 1 aromatic rings. The molecular formula is C13H17NO3. The average Bonchev–Trinajstić information content (AvgIpc) is 2.75. The first-order valence-corrected chi connectivity index (χ1v) is 6.09. The minimum absolute atomic E-state index is 0.0699. The minimum Gasteiger partial charge on any atom is -0.454 e. The van der Waals surface area contributed by atoms with E-state index in [1.54, 1.807) is 0 Å². The van der Waals surface area contributed by atoms with E-state index in [1.807, 2.05) is 12.1 Å². The molecule has 4 heteroatoms. The van der Waals surface area contributed by atoms with E-state index in [9.17, 15) is 5.11 Å². The third-order valence-electron chi connectivity index (χ3n) is 3.44. The van der Waals surface area contributed by atoms with Crippen LogP contribution in [0.15, 0.2) is 18.2 Å². The maximum absolute atomic E-state index is 9.20. The van der Waals surface area contributed by atoms with Gasteiger partial charge >= 0.3 is 0 Å². The Balaban J connectivity index is 1.53. The van der Waals surface area contributed by atoms with E-state index in [2.05, 4.69) is 11.4 Å². The van der Waals surface area contributed by atoms with Gasteiger partial charge in [0, 0.05) is 12.1 Å². The highest BCUT2D eigenvalue weighted by Crippen LogP contribution is 2.35. The SMILES string of the molecule is OC1CC(CNCc2cccc3c2OCO3)C1. The lowest BCUT2D eigenvalue weighted by Gasteiger charge is -2.31. The van der Waals surface area contributed by atoms with E-state index in [1.165, 1.54) is 0 Å². The molecule has 0 bridgehead atoms. The second kappa shape index (κ2) is 4.55. The number of aliphatic hydroxyl groups is 1. The third kappa shape index (κ3) is 2.23. The number of aliphatic hydroxyl groups excluding tert-OH is 1. The summed E-state index contributed by atoms with van der Waals surface area (Å²) in [7, 11) is 0. The Labute approximate surface area is 101 Å². The van der Waals surface area contributed by atoms with Crippen LogP contribution >= 0.6 is 0 Å². The first-order valence-electron chi connectivity index (χ1n) is 6.09. The summed E-state index contributed by atoms with van der Waals surface area (Å²) in [6, 6.07) is 5.96. The zero-order valence-electron chi connectivity index (χ0n) is 9.69. The number of ether oxygens (including phenoxy) is 2. The van der Waals surface area contributed by atoms with Gasteiger partial charge in [0.25, 0.3) is 0 Å². The van der Waals surface area contributed by atoms with Crippen LogP contribution in [0.2, 0.25) is 0 Å². The number of hydrogen-bond donors (Lipinski definition) is 2. The van der Waals surface area contributed by atoms with Crippen molar-refractivity contribution in [1.29, 1.82) is 0 Å². The fourth-order valence-corrected chi connectivity index (χ4v) is 2.41. The van der Waals surface area contributed by atoms with Crippen molar-refractivity contribution in [3.8, 4) is 11.5 Å². The lowest BCUT2D eigenvalue weighted by molar-refractivity contribution is 0.0429. The summed E-state index contributed by atoms with van der Waals surface area (Å²) >= 11 is 0. The van der Waals surface area contributed by atoms with Gasteiger partial charge in [0.05, 0.1) is 6.10 Å². The monoisotopic (exact) mass is 235 g/mol. The molecule has 0 unspecified atom stereocenters. The third-order valence-corrected chi connectivity index (χ3v) is 3.44.